The maximum Gasteiger partial charge on any atom is 0.301 e. The summed E-state index contributed by atoms with van der Waals surface area (Å²) in [5.41, 5.74) is 0.264. The molecule has 5 heterocycles. The maximum atomic E-state index is 15.4. The molecule has 0 amide bonds. The minimum atomic E-state index is -4.04. The molecular weight excluding hydrogens is 516 g/mol. The molecule has 2 aliphatic rings. The lowest BCUT2D eigenvalue weighted by atomic mass is 10.0. The zero-order valence-corrected chi connectivity index (χ0v) is 20.9. The van der Waals surface area contributed by atoms with Crippen LogP contribution in [0.4, 0.5) is 20.4 Å². The van der Waals surface area contributed by atoms with Gasteiger partial charge in [-0.05, 0) is 37.5 Å². The number of hydrogen-bond acceptors (Lipinski definition) is 7. The van der Waals surface area contributed by atoms with Crippen molar-refractivity contribution in [3.05, 3.63) is 65.7 Å². The van der Waals surface area contributed by atoms with Crippen molar-refractivity contribution in [2.45, 2.75) is 19.3 Å². The van der Waals surface area contributed by atoms with E-state index in [4.69, 9.17) is 0 Å². The molecule has 0 atom stereocenters. The average molecular weight is 540 g/mol. The number of benzene rings is 1. The summed E-state index contributed by atoms with van der Waals surface area (Å²) in [6.07, 6.45) is 8.73. The normalized spacial score (nSPS) is 16.1. The van der Waals surface area contributed by atoms with Crippen molar-refractivity contribution in [1.29, 1.82) is 0 Å². The van der Waals surface area contributed by atoms with Gasteiger partial charge in [-0.25, -0.2) is 23.7 Å². The molecule has 0 aliphatic carbocycles. The highest BCUT2D eigenvalue weighted by molar-refractivity contribution is 7.90. The van der Waals surface area contributed by atoms with Crippen LogP contribution in [0.1, 0.15) is 35.2 Å². The number of hydrogen-bond donors (Lipinski definition) is 2. The summed E-state index contributed by atoms with van der Waals surface area (Å²) in [6.45, 7) is 2.44. The molecule has 38 heavy (non-hydrogen) atoms. The highest BCUT2D eigenvalue weighted by Gasteiger charge is 2.29. The van der Waals surface area contributed by atoms with Crippen molar-refractivity contribution in [2.75, 3.05) is 35.8 Å². The van der Waals surface area contributed by atoms with Crippen LogP contribution in [0.2, 0.25) is 0 Å². The third-order valence-corrected chi connectivity index (χ3v) is 8.37. The van der Waals surface area contributed by atoms with Crippen LogP contribution in [0, 0.1) is 11.6 Å². The Balaban J connectivity index is 1.33. The number of halogens is 2. The van der Waals surface area contributed by atoms with Gasteiger partial charge in [-0.3, -0.25) is 9.52 Å². The van der Waals surface area contributed by atoms with Gasteiger partial charge in [0, 0.05) is 73.0 Å². The Kier molecular flexibility index (Phi) is 6.03. The van der Waals surface area contributed by atoms with Gasteiger partial charge < -0.3 is 9.88 Å². The lowest BCUT2D eigenvalue weighted by Crippen LogP contribution is -2.38. The van der Waals surface area contributed by atoms with Gasteiger partial charge in [0.05, 0.1) is 11.3 Å². The topological polar surface area (TPSA) is 124 Å². The minimum Gasteiger partial charge on any atom is -0.345 e. The molecule has 2 fully saturated rings. The van der Waals surface area contributed by atoms with Crippen LogP contribution in [-0.4, -0.2) is 64.6 Å². The summed E-state index contributed by atoms with van der Waals surface area (Å²) in [6, 6.07) is 3.51. The van der Waals surface area contributed by atoms with Crippen molar-refractivity contribution in [2.24, 2.45) is 0 Å². The fraction of sp³-hybridized carbons (Fsp3) is 0.280. The van der Waals surface area contributed by atoms with E-state index in [1.165, 1.54) is 10.5 Å². The second-order valence-corrected chi connectivity index (χ2v) is 10.9. The number of ketones is 1. The van der Waals surface area contributed by atoms with Crippen LogP contribution in [0.15, 0.2) is 43.0 Å². The Morgan fingerprint density at radius 1 is 0.947 bits per heavy atom. The summed E-state index contributed by atoms with van der Waals surface area (Å²) in [7, 11) is -4.04. The first-order valence-corrected chi connectivity index (χ1v) is 13.6. The number of anilines is 2. The van der Waals surface area contributed by atoms with Gasteiger partial charge in [0.2, 0.25) is 11.7 Å². The van der Waals surface area contributed by atoms with Gasteiger partial charge in [-0.1, -0.05) is 0 Å². The highest BCUT2D eigenvalue weighted by Crippen LogP contribution is 2.30. The standard InChI is InChI=1S/C25H23F2N7O3S/c26-19-4-5-20(32-38(36,37)34-8-1-2-9-34)22(27)21(19)23(35)18-14-29-24-17(18)10-15(11-28-24)16-12-30-25(31-13-16)33-6-3-7-33/h4-5,10-14,32H,1-3,6-9H2,(H,28,29). The number of H-pyrrole nitrogens is 1. The fourth-order valence-corrected chi connectivity index (χ4v) is 5.91. The van der Waals surface area contributed by atoms with Crippen LogP contribution in [-0.2, 0) is 10.2 Å². The van der Waals surface area contributed by atoms with Crippen molar-refractivity contribution in [1.82, 2.24) is 24.2 Å². The molecule has 2 saturated heterocycles. The van der Waals surface area contributed by atoms with E-state index in [1.807, 2.05) is 0 Å². The van der Waals surface area contributed by atoms with E-state index >= 15 is 4.39 Å². The van der Waals surface area contributed by atoms with Crippen LogP contribution >= 0.6 is 0 Å². The molecule has 3 aromatic heterocycles. The van der Waals surface area contributed by atoms with E-state index in [0.29, 0.717) is 54.0 Å². The first kappa shape index (κ1) is 24.4. The molecule has 0 unspecified atom stereocenters. The number of nitrogens with zero attached hydrogens (tertiary/aromatic N) is 5. The van der Waals surface area contributed by atoms with Gasteiger partial charge in [-0.2, -0.15) is 12.7 Å². The van der Waals surface area contributed by atoms with Crippen molar-refractivity contribution in [3.63, 3.8) is 0 Å². The van der Waals surface area contributed by atoms with E-state index in [1.54, 1.807) is 24.7 Å². The van der Waals surface area contributed by atoms with Gasteiger partial charge in [0.15, 0.2) is 5.82 Å². The molecular formula is C25H23F2N7O3S. The van der Waals surface area contributed by atoms with Gasteiger partial charge in [0.1, 0.15) is 11.5 Å². The smallest absolute Gasteiger partial charge is 0.301 e. The van der Waals surface area contributed by atoms with E-state index in [9.17, 15) is 17.6 Å². The molecule has 0 bridgehead atoms. The Morgan fingerprint density at radius 3 is 2.34 bits per heavy atom. The van der Waals surface area contributed by atoms with E-state index in [2.05, 4.69) is 29.6 Å². The summed E-state index contributed by atoms with van der Waals surface area (Å²) < 4.78 is 58.8. The third kappa shape index (κ3) is 4.27. The number of pyridine rings is 1. The minimum absolute atomic E-state index is 0.00943. The zero-order valence-electron chi connectivity index (χ0n) is 20.1. The summed E-state index contributed by atoms with van der Waals surface area (Å²) in [5.74, 6) is -2.70. The summed E-state index contributed by atoms with van der Waals surface area (Å²) >= 11 is 0. The zero-order chi connectivity index (χ0) is 26.4. The van der Waals surface area contributed by atoms with E-state index < -0.39 is 38.9 Å². The Morgan fingerprint density at radius 2 is 1.66 bits per heavy atom. The Hall–Kier alpha value is -3.97. The van der Waals surface area contributed by atoms with E-state index in [-0.39, 0.29) is 5.56 Å². The second kappa shape index (κ2) is 9.40. The number of carbonyl (C=O) groups excluding carboxylic acids is 1. The van der Waals surface area contributed by atoms with Crippen LogP contribution in [0.5, 0.6) is 0 Å². The van der Waals surface area contributed by atoms with Gasteiger partial charge in [0.25, 0.3) is 0 Å². The van der Waals surface area contributed by atoms with Crippen LogP contribution in [0.25, 0.3) is 22.2 Å². The first-order valence-electron chi connectivity index (χ1n) is 12.2. The van der Waals surface area contributed by atoms with Crippen LogP contribution < -0.4 is 9.62 Å². The third-order valence-electron chi connectivity index (χ3n) is 6.85. The Bertz CT molecular complexity index is 1650. The molecule has 1 aromatic carbocycles. The van der Waals surface area contributed by atoms with Gasteiger partial charge in [-0.15, -0.1) is 0 Å². The molecule has 2 N–H and O–H groups in total. The Labute approximate surface area is 216 Å². The predicted octanol–water partition coefficient (Wildman–Crippen LogP) is 3.49. The molecule has 0 saturated carbocycles. The second-order valence-electron chi connectivity index (χ2n) is 9.26. The van der Waals surface area contributed by atoms with Crippen molar-refractivity contribution >= 4 is 38.7 Å². The first-order chi connectivity index (χ1) is 18.3. The SMILES string of the molecule is O=C(c1c(F)ccc(NS(=O)(=O)N2CCCC2)c1F)c1c[nH]c2ncc(-c3cnc(N4CCC4)nc3)cc12. The van der Waals surface area contributed by atoms with Gasteiger partial charge >= 0.3 is 10.2 Å². The van der Waals surface area contributed by atoms with E-state index in [0.717, 1.165) is 31.6 Å². The lowest BCUT2D eigenvalue weighted by Gasteiger charge is -2.30. The number of aromatic amines is 1. The summed E-state index contributed by atoms with van der Waals surface area (Å²) in [4.78, 5) is 31.4. The molecule has 0 spiro atoms. The molecule has 196 valence electrons. The lowest BCUT2D eigenvalue weighted by molar-refractivity contribution is 0.103. The predicted molar refractivity (Wildman–Crippen MR) is 137 cm³/mol. The molecule has 10 nitrogen and oxygen atoms in total. The number of carbonyl (C=O) groups is 1. The quantitative estimate of drug-likeness (QED) is 0.345. The highest BCUT2D eigenvalue weighted by atomic mass is 32.2. The monoisotopic (exact) mass is 539 g/mol. The average Bonchev–Trinajstić information content (AvgIpc) is 3.56. The fourth-order valence-electron chi connectivity index (χ4n) is 4.61. The number of rotatable bonds is 7. The molecule has 6 rings (SSSR count). The summed E-state index contributed by atoms with van der Waals surface area (Å²) in [5, 5.41) is 0.348. The van der Waals surface area contributed by atoms with Crippen molar-refractivity contribution in [3.8, 4) is 11.1 Å². The molecule has 0 radical (unpaired) electrons. The number of aromatic nitrogens is 4. The largest absolute Gasteiger partial charge is 0.345 e. The number of nitrogens with one attached hydrogen (secondary N) is 2. The van der Waals surface area contributed by atoms with Crippen LogP contribution in [0.3, 0.4) is 0 Å². The number of fused-ring (bicyclic) bond motifs is 1. The maximum absolute atomic E-state index is 15.4. The molecule has 13 heteroatoms. The molecule has 2 aliphatic heterocycles. The van der Waals surface area contributed by atoms with Crippen molar-refractivity contribution < 1.29 is 22.0 Å². The molecule has 4 aromatic rings.